The van der Waals surface area contributed by atoms with E-state index in [0.29, 0.717) is 11.7 Å². The molecule has 5 heterocycles. The first-order valence-electron chi connectivity index (χ1n) is 13.3. The van der Waals surface area contributed by atoms with Gasteiger partial charge in [-0.25, -0.2) is 14.6 Å². The second-order valence-corrected chi connectivity index (χ2v) is 11.6. The summed E-state index contributed by atoms with van der Waals surface area (Å²) in [7, 11) is 4.03. The molecule has 3 fully saturated rings. The summed E-state index contributed by atoms with van der Waals surface area (Å²) in [6.45, 7) is 3.01. The van der Waals surface area contributed by atoms with Gasteiger partial charge >= 0.3 is 0 Å². The molecule has 3 aliphatic rings. The highest BCUT2D eigenvalue weighted by Crippen LogP contribution is 2.62. The number of ether oxygens (including phenoxy) is 2. The minimum absolute atomic E-state index is 0.0198. The Morgan fingerprint density at radius 2 is 2.10 bits per heavy atom. The van der Waals surface area contributed by atoms with E-state index in [1.54, 1.807) is 29.2 Å². The number of imidazole rings is 1. The van der Waals surface area contributed by atoms with Crippen LogP contribution >= 0.6 is 8.53 Å². The lowest BCUT2D eigenvalue weighted by Crippen LogP contribution is -2.36. The average molecular weight is 556 g/mol. The molecule has 0 spiro atoms. The molecule has 3 saturated heterocycles. The van der Waals surface area contributed by atoms with Crippen molar-refractivity contribution in [1.29, 1.82) is 0 Å². The smallest absolute Gasteiger partial charge is 0.280 e. The summed E-state index contributed by atoms with van der Waals surface area (Å²) < 4.78 is 30.0. The molecule has 0 aliphatic carbocycles. The summed E-state index contributed by atoms with van der Waals surface area (Å²) >= 11 is 0. The van der Waals surface area contributed by atoms with Crippen LogP contribution in [0.5, 0.6) is 0 Å². The van der Waals surface area contributed by atoms with Gasteiger partial charge in [-0.3, -0.25) is 14.3 Å². The molecular formula is C26H34N7O5P. The van der Waals surface area contributed by atoms with Gasteiger partial charge in [-0.1, -0.05) is 37.3 Å². The molecule has 6 rings (SSSR count). The predicted molar refractivity (Wildman–Crippen MR) is 147 cm³/mol. The molecule has 0 bridgehead atoms. The number of methoxy groups -OCH3 is 1. The molecule has 3 aliphatic heterocycles. The van der Waals surface area contributed by atoms with Crippen LogP contribution in [-0.4, -0.2) is 87.5 Å². The second-order valence-electron chi connectivity index (χ2n) is 10.2. The number of hydrogen-bond acceptors (Lipinski definition) is 9. The lowest BCUT2D eigenvalue weighted by atomic mass is 10.0. The van der Waals surface area contributed by atoms with E-state index in [4.69, 9.17) is 18.5 Å². The Labute approximate surface area is 227 Å². The molecule has 1 unspecified atom stereocenters. The minimum Gasteiger partial charge on any atom is -0.374 e. The van der Waals surface area contributed by atoms with Crippen LogP contribution in [0.2, 0.25) is 0 Å². The maximum absolute atomic E-state index is 12.7. The summed E-state index contributed by atoms with van der Waals surface area (Å²) in [6, 6.07) is 10.7. The largest absolute Gasteiger partial charge is 0.374 e. The Morgan fingerprint density at radius 3 is 2.85 bits per heavy atom. The van der Waals surface area contributed by atoms with E-state index >= 15 is 0 Å². The number of aromatic nitrogens is 4. The topological polar surface area (TPSA) is 119 Å². The van der Waals surface area contributed by atoms with Gasteiger partial charge in [0.25, 0.3) is 14.1 Å². The SMILES string of the molecule is CC[C@H]1O[C@@H](n2cnc3c(=O)[nH]c(N=CN(C)C)nc32)C(OC)[C@H]1O[P@]1O[C@@H](c2ccccc2)[C@H]2CCCN21. The summed E-state index contributed by atoms with van der Waals surface area (Å²) in [5, 5.41) is 0. The van der Waals surface area contributed by atoms with E-state index < -0.39 is 20.9 Å². The van der Waals surface area contributed by atoms with Crippen molar-refractivity contribution in [2.45, 2.75) is 62.9 Å². The number of nitrogens with one attached hydrogen (secondary N) is 1. The number of rotatable bonds is 8. The maximum Gasteiger partial charge on any atom is 0.280 e. The molecule has 208 valence electrons. The fourth-order valence-electron chi connectivity index (χ4n) is 5.60. The number of nitrogens with zero attached hydrogens (tertiary/aromatic N) is 6. The molecule has 0 amide bonds. The second kappa shape index (κ2) is 11.0. The summed E-state index contributed by atoms with van der Waals surface area (Å²) in [5.74, 6) is 0.185. The highest BCUT2D eigenvalue weighted by molar-refractivity contribution is 7.45. The molecule has 2 aromatic heterocycles. The number of aromatic amines is 1. The first-order valence-corrected chi connectivity index (χ1v) is 14.4. The molecule has 1 aromatic carbocycles. The van der Waals surface area contributed by atoms with Gasteiger partial charge in [0.1, 0.15) is 18.3 Å². The van der Waals surface area contributed by atoms with Crippen molar-refractivity contribution in [3.63, 3.8) is 0 Å². The van der Waals surface area contributed by atoms with Crippen LogP contribution in [0.25, 0.3) is 11.2 Å². The van der Waals surface area contributed by atoms with Crippen molar-refractivity contribution >= 4 is 32.0 Å². The number of hydrogen-bond donors (Lipinski definition) is 1. The third-order valence-electron chi connectivity index (χ3n) is 7.44. The van der Waals surface area contributed by atoms with Crippen molar-refractivity contribution in [3.05, 3.63) is 52.6 Å². The molecule has 12 nitrogen and oxygen atoms in total. The molecule has 0 radical (unpaired) electrons. The number of fused-ring (bicyclic) bond motifs is 2. The molecule has 13 heteroatoms. The standard InChI is InChI=1S/C26H34N7O5P/c1-5-18-21(38-39-33-13-9-12-17(33)20(37-39)16-10-7-6-8-11-16)22(35-4)25(36-18)32-15-27-19-23(32)29-26(30-24(19)34)28-14-31(2)3/h6-8,10-11,14-15,17-18,20-22,25H,5,9,12-13H2,1-4H3,(H,29,30,34)/t17-,18-,20+,21+,22?,25-,39+/m1/s1. The van der Waals surface area contributed by atoms with Crippen LogP contribution in [0.15, 0.2) is 46.4 Å². The monoisotopic (exact) mass is 555 g/mol. The molecular weight excluding hydrogens is 521 g/mol. The Balaban J connectivity index is 1.29. The molecule has 7 atom stereocenters. The van der Waals surface area contributed by atoms with Gasteiger partial charge in [0.15, 0.2) is 17.4 Å². The van der Waals surface area contributed by atoms with E-state index in [0.717, 1.165) is 25.8 Å². The van der Waals surface area contributed by atoms with Gasteiger partial charge in [-0.2, -0.15) is 4.98 Å². The van der Waals surface area contributed by atoms with Gasteiger partial charge in [-0.15, -0.1) is 0 Å². The van der Waals surface area contributed by atoms with E-state index in [1.807, 2.05) is 20.2 Å². The maximum atomic E-state index is 12.7. The fraction of sp³-hybridized carbons (Fsp3) is 0.538. The van der Waals surface area contributed by atoms with Crippen molar-refractivity contribution in [3.8, 4) is 0 Å². The van der Waals surface area contributed by atoms with Gasteiger partial charge in [0, 0.05) is 33.8 Å². The first-order chi connectivity index (χ1) is 19.0. The van der Waals surface area contributed by atoms with E-state index in [9.17, 15) is 4.79 Å². The zero-order valence-corrected chi connectivity index (χ0v) is 23.4. The summed E-state index contributed by atoms with van der Waals surface area (Å²) in [4.78, 5) is 30.3. The van der Waals surface area contributed by atoms with Gasteiger partial charge < -0.3 is 23.4 Å². The average Bonchev–Trinajstić information content (AvgIpc) is 3.71. The lowest BCUT2D eigenvalue weighted by Gasteiger charge is -2.28. The summed E-state index contributed by atoms with van der Waals surface area (Å²) in [5.41, 5.74) is 1.39. The summed E-state index contributed by atoms with van der Waals surface area (Å²) in [6.07, 6.45) is 4.36. The number of benzene rings is 1. The zero-order chi connectivity index (χ0) is 27.1. The highest BCUT2D eigenvalue weighted by Gasteiger charge is 2.53. The van der Waals surface area contributed by atoms with Crippen LogP contribution in [0, 0.1) is 0 Å². The van der Waals surface area contributed by atoms with Crippen LogP contribution in [-0.2, 0) is 18.5 Å². The van der Waals surface area contributed by atoms with Crippen molar-refractivity contribution < 1.29 is 18.5 Å². The number of H-pyrrole nitrogens is 1. The third-order valence-corrected chi connectivity index (χ3v) is 9.19. The quantitative estimate of drug-likeness (QED) is 0.253. The van der Waals surface area contributed by atoms with E-state index in [1.165, 1.54) is 5.56 Å². The van der Waals surface area contributed by atoms with E-state index in [2.05, 4.69) is 55.8 Å². The van der Waals surface area contributed by atoms with Gasteiger partial charge in [0.2, 0.25) is 5.95 Å². The van der Waals surface area contributed by atoms with Crippen molar-refractivity contribution in [1.82, 2.24) is 29.1 Å². The van der Waals surface area contributed by atoms with Gasteiger partial charge in [0.05, 0.1) is 18.8 Å². The third kappa shape index (κ3) is 4.90. The Hall–Kier alpha value is -2.73. The predicted octanol–water partition coefficient (Wildman–Crippen LogP) is 3.51. The number of aliphatic imine (C=N–C) groups is 1. The fourth-order valence-corrected chi connectivity index (χ4v) is 7.60. The Morgan fingerprint density at radius 1 is 1.28 bits per heavy atom. The zero-order valence-electron chi connectivity index (χ0n) is 22.5. The minimum atomic E-state index is -1.30. The van der Waals surface area contributed by atoms with Crippen molar-refractivity contribution in [2.75, 3.05) is 27.7 Å². The lowest BCUT2D eigenvalue weighted by molar-refractivity contribution is -0.0493. The van der Waals surface area contributed by atoms with Crippen LogP contribution in [0.3, 0.4) is 0 Å². The van der Waals surface area contributed by atoms with Crippen LogP contribution < -0.4 is 5.56 Å². The Bertz CT molecular complexity index is 1380. The van der Waals surface area contributed by atoms with Crippen LogP contribution in [0.4, 0.5) is 5.95 Å². The molecule has 39 heavy (non-hydrogen) atoms. The first kappa shape index (κ1) is 26.5. The molecule has 1 N–H and O–H groups in total. The van der Waals surface area contributed by atoms with Gasteiger partial charge in [-0.05, 0) is 24.8 Å². The van der Waals surface area contributed by atoms with Crippen LogP contribution in [0.1, 0.15) is 44.1 Å². The van der Waals surface area contributed by atoms with E-state index in [-0.39, 0.29) is 35.3 Å². The molecule has 0 saturated carbocycles. The Kier molecular flexibility index (Phi) is 7.49. The normalized spacial score (nSPS) is 31.0. The highest BCUT2D eigenvalue weighted by atomic mass is 31.2. The van der Waals surface area contributed by atoms with Crippen molar-refractivity contribution in [2.24, 2.45) is 4.99 Å². The molecule has 3 aromatic rings.